The Balaban J connectivity index is 1.55. The lowest BCUT2D eigenvalue weighted by atomic mass is 9.92. The highest BCUT2D eigenvalue weighted by molar-refractivity contribution is 5.94. The van der Waals surface area contributed by atoms with Crippen LogP contribution >= 0.6 is 0 Å². The SMILES string of the molecule is O=C(NO)/C(F)=C/c1ccc(N[C@@H]2CCCN(C3CCCCC3)C2)nc1. The van der Waals surface area contributed by atoms with Crippen LogP contribution in [0.5, 0.6) is 0 Å². The summed E-state index contributed by atoms with van der Waals surface area (Å²) in [7, 11) is 0. The lowest BCUT2D eigenvalue weighted by Crippen LogP contribution is -2.47. The minimum absolute atomic E-state index is 0.372. The molecular formula is C19H27FN4O2. The largest absolute Gasteiger partial charge is 0.366 e. The van der Waals surface area contributed by atoms with Crippen molar-refractivity contribution in [3.8, 4) is 0 Å². The number of rotatable bonds is 5. The van der Waals surface area contributed by atoms with Gasteiger partial charge in [-0.05, 0) is 56.0 Å². The average molecular weight is 362 g/mol. The predicted octanol–water partition coefficient (Wildman–Crippen LogP) is 3.11. The normalized spacial score (nSPS) is 22.8. The van der Waals surface area contributed by atoms with Crippen LogP contribution < -0.4 is 10.8 Å². The number of pyridine rings is 1. The zero-order valence-corrected chi connectivity index (χ0v) is 15.0. The number of likely N-dealkylation sites (tertiary alicyclic amines) is 1. The number of anilines is 1. The summed E-state index contributed by atoms with van der Waals surface area (Å²) >= 11 is 0. The maximum Gasteiger partial charge on any atom is 0.303 e. The second kappa shape index (κ2) is 9.09. The van der Waals surface area contributed by atoms with Gasteiger partial charge in [0.2, 0.25) is 0 Å². The third kappa shape index (κ3) is 5.02. The van der Waals surface area contributed by atoms with E-state index in [1.165, 1.54) is 56.7 Å². The molecule has 1 saturated carbocycles. The number of hydrogen-bond donors (Lipinski definition) is 3. The maximum atomic E-state index is 13.4. The summed E-state index contributed by atoms with van der Waals surface area (Å²) in [5.74, 6) is -1.48. The van der Waals surface area contributed by atoms with Crippen molar-refractivity contribution in [2.45, 2.75) is 57.0 Å². The molecule has 1 aliphatic heterocycles. The van der Waals surface area contributed by atoms with E-state index in [9.17, 15) is 9.18 Å². The van der Waals surface area contributed by atoms with Crippen molar-refractivity contribution in [2.24, 2.45) is 0 Å². The van der Waals surface area contributed by atoms with E-state index in [0.29, 0.717) is 11.6 Å². The fraction of sp³-hybridized carbons (Fsp3) is 0.579. The fourth-order valence-electron chi connectivity index (χ4n) is 3.95. The zero-order chi connectivity index (χ0) is 18.4. The van der Waals surface area contributed by atoms with E-state index in [-0.39, 0.29) is 0 Å². The van der Waals surface area contributed by atoms with Crippen molar-refractivity contribution in [1.29, 1.82) is 0 Å². The predicted molar refractivity (Wildman–Crippen MR) is 98.3 cm³/mol. The zero-order valence-electron chi connectivity index (χ0n) is 15.0. The van der Waals surface area contributed by atoms with Gasteiger partial charge in [0, 0.05) is 24.8 Å². The van der Waals surface area contributed by atoms with Crippen LogP contribution in [0.15, 0.2) is 24.2 Å². The highest BCUT2D eigenvalue weighted by atomic mass is 19.1. The number of aromatic nitrogens is 1. The molecule has 3 rings (SSSR count). The van der Waals surface area contributed by atoms with E-state index in [4.69, 9.17) is 5.21 Å². The van der Waals surface area contributed by atoms with Crippen molar-refractivity contribution < 1.29 is 14.4 Å². The van der Waals surface area contributed by atoms with Crippen LogP contribution in [0.4, 0.5) is 10.2 Å². The number of carbonyl (C=O) groups is 1. The van der Waals surface area contributed by atoms with E-state index < -0.39 is 11.7 Å². The summed E-state index contributed by atoms with van der Waals surface area (Å²) in [6.07, 6.45) is 11.6. The molecule has 0 aromatic carbocycles. The Morgan fingerprint density at radius 2 is 2.04 bits per heavy atom. The smallest absolute Gasteiger partial charge is 0.303 e. The summed E-state index contributed by atoms with van der Waals surface area (Å²) in [5.41, 5.74) is 1.72. The molecule has 1 atom stereocenters. The highest BCUT2D eigenvalue weighted by Crippen LogP contribution is 2.26. The first kappa shape index (κ1) is 18.8. The molecule has 1 aliphatic carbocycles. The van der Waals surface area contributed by atoms with Crippen molar-refractivity contribution in [3.05, 3.63) is 29.7 Å². The van der Waals surface area contributed by atoms with Crippen LogP contribution in [0, 0.1) is 0 Å². The Labute approximate surface area is 153 Å². The number of nitrogens with zero attached hydrogens (tertiary/aromatic N) is 2. The molecule has 7 heteroatoms. The van der Waals surface area contributed by atoms with E-state index >= 15 is 0 Å². The van der Waals surface area contributed by atoms with Gasteiger partial charge in [0.25, 0.3) is 0 Å². The molecule has 1 amide bonds. The minimum atomic E-state index is -1.17. The van der Waals surface area contributed by atoms with E-state index in [0.717, 1.165) is 30.9 Å². The van der Waals surface area contributed by atoms with E-state index in [2.05, 4.69) is 15.2 Å². The minimum Gasteiger partial charge on any atom is -0.366 e. The number of amides is 1. The number of hydrogen-bond acceptors (Lipinski definition) is 5. The monoisotopic (exact) mass is 362 g/mol. The number of nitrogens with one attached hydrogen (secondary N) is 2. The number of carbonyl (C=O) groups excluding carboxylic acids is 1. The highest BCUT2D eigenvalue weighted by Gasteiger charge is 2.26. The van der Waals surface area contributed by atoms with Gasteiger partial charge in [-0.15, -0.1) is 0 Å². The second-order valence-corrected chi connectivity index (χ2v) is 7.18. The molecule has 1 aromatic rings. The molecule has 2 fully saturated rings. The molecule has 1 aromatic heterocycles. The van der Waals surface area contributed by atoms with Gasteiger partial charge in [0.15, 0.2) is 5.83 Å². The third-order valence-corrected chi connectivity index (χ3v) is 5.29. The van der Waals surface area contributed by atoms with Crippen molar-refractivity contribution in [1.82, 2.24) is 15.4 Å². The molecule has 3 N–H and O–H groups in total. The van der Waals surface area contributed by atoms with Crippen molar-refractivity contribution >= 4 is 17.8 Å². The first-order valence-electron chi connectivity index (χ1n) is 9.44. The van der Waals surface area contributed by atoms with Crippen LogP contribution in [0.1, 0.15) is 50.5 Å². The molecule has 2 aliphatic rings. The average Bonchev–Trinajstić information content (AvgIpc) is 2.69. The Morgan fingerprint density at radius 1 is 1.23 bits per heavy atom. The van der Waals surface area contributed by atoms with Gasteiger partial charge < -0.3 is 5.32 Å². The summed E-state index contributed by atoms with van der Waals surface area (Å²) < 4.78 is 13.4. The van der Waals surface area contributed by atoms with Crippen LogP contribution in [-0.2, 0) is 4.79 Å². The number of hydroxylamine groups is 1. The van der Waals surface area contributed by atoms with E-state index in [1.807, 2.05) is 0 Å². The first-order valence-corrected chi connectivity index (χ1v) is 9.44. The van der Waals surface area contributed by atoms with Crippen LogP contribution in [0.25, 0.3) is 6.08 Å². The summed E-state index contributed by atoms with van der Waals surface area (Å²) in [5, 5.41) is 11.9. The molecule has 0 unspecified atom stereocenters. The molecule has 0 bridgehead atoms. The summed E-state index contributed by atoms with van der Waals surface area (Å²) in [6.45, 7) is 2.23. The van der Waals surface area contributed by atoms with Crippen molar-refractivity contribution in [2.75, 3.05) is 18.4 Å². The number of halogens is 1. The standard InChI is InChI=1S/C19H27FN4O2/c20-17(19(25)23-26)11-14-8-9-18(21-12-14)22-15-5-4-10-24(13-15)16-6-2-1-3-7-16/h8-9,11-12,15-16,26H,1-7,10,13H2,(H,21,22)(H,23,25)/b17-11-/t15-/m1/s1. The molecule has 0 spiro atoms. The van der Waals surface area contributed by atoms with Gasteiger partial charge in [-0.2, -0.15) is 0 Å². The Morgan fingerprint density at radius 3 is 2.73 bits per heavy atom. The second-order valence-electron chi connectivity index (χ2n) is 7.18. The quantitative estimate of drug-likeness (QED) is 0.426. The topological polar surface area (TPSA) is 77.5 Å². The van der Waals surface area contributed by atoms with Crippen LogP contribution in [0.2, 0.25) is 0 Å². The Hall–Kier alpha value is -1.99. The number of piperidine rings is 1. The molecule has 142 valence electrons. The van der Waals surface area contributed by atoms with Gasteiger partial charge in [-0.1, -0.05) is 19.3 Å². The van der Waals surface area contributed by atoms with Gasteiger partial charge >= 0.3 is 5.91 Å². The third-order valence-electron chi connectivity index (χ3n) is 5.29. The van der Waals surface area contributed by atoms with Gasteiger partial charge in [-0.25, -0.2) is 14.9 Å². The maximum absolute atomic E-state index is 13.4. The lowest BCUT2D eigenvalue weighted by molar-refractivity contribution is -0.126. The molecule has 1 saturated heterocycles. The fourth-order valence-corrected chi connectivity index (χ4v) is 3.95. The Bertz CT molecular complexity index is 629. The van der Waals surface area contributed by atoms with Crippen molar-refractivity contribution in [3.63, 3.8) is 0 Å². The van der Waals surface area contributed by atoms with Gasteiger partial charge in [0.05, 0.1) is 0 Å². The van der Waals surface area contributed by atoms with Gasteiger partial charge in [-0.3, -0.25) is 14.9 Å². The molecule has 26 heavy (non-hydrogen) atoms. The summed E-state index contributed by atoms with van der Waals surface area (Å²) in [4.78, 5) is 17.9. The molecular weight excluding hydrogens is 335 g/mol. The molecule has 2 heterocycles. The molecule has 6 nitrogen and oxygen atoms in total. The first-order chi connectivity index (χ1) is 12.7. The van der Waals surface area contributed by atoms with Crippen LogP contribution in [0.3, 0.4) is 0 Å². The van der Waals surface area contributed by atoms with Crippen LogP contribution in [-0.4, -0.2) is 46.2 Å². The summed E-state index contributed by atoms with van der Waals surface area (Å²) in [6, 6.07) is 4.59. The van der Waals surface area contributed by atoms with E-state index in [1.54, 1.807) is 12.1 Å². The Kier molecular flexibility index (Phi) is 6.57. The van der Waals surface area contributed by atoms with Gasteiger partial charge in [0.1, 0.15) is 5.82 Å². The lowest BCUT2D eigenvalue weighted by Gasteiger charge is -2.40. The molecule has 0 radical (unpaired) electrons.